The van der Waals surface area contributed by atoms with E-state index in [2.05, 4.69) is 11.0 Å². The third-order valence-electron chi connectivity index (χ3n) is 3.71. The molecule has 1 aliphatic heterocycles. The van der Waals surface area contributed by atoms with Crippen molar-refractivity contribution in [2.24, 2.45) is 0 Å². The molecule has 0 amide bonds. The fraction of sp³-hybridized carbons (Fsp3) is 0.467. The van der Waals surface area contributed by atoms with Gasteiger partial charge in [0.15, 0.2) is 0 Å². The summed E-state index contributed by atoms with van der Waals surface area (Å²) in [7, 11) is 1.67. The summed E-state index contributed by atoms with van der Waals surface area (Å²) in [6, 6.07) is 7.91. The van der Waals surface area contributed by atoms with Gasteiger partial charge in [0, 0.05) is 18.5 Å². The summed E-state index contributed by atoms with van der Waals surface area (Å²) < 4.78 is 11.1. The molecule has 4 nitrogen and oxygen atoms in total. The molecule has 0 aliphatic carbocycles. The molecular formula is C15H19NO3. The van der Waals surface area contributed by atoms with Gasteiger partial charge in [-0.2, -0.15) is 0 Å². The molecule has 1 aliphatic rings. The highest BCUT2D eigenvalue weighted by molar-refractivity contribution is 5.79. The van der Waals surface area contributed by atoms with E-state index in [1.165, 1.54) is 0 Å². The van der Waals surface area contributed by atoms with Crippen molar-refractivity contribution in [1.29, 1.82) is 0 Å². The van der Waals surface area contributed by atoms with Crippen LogP contribution < -0.4 is 4.74 Å². The van der Waals surface area contributed by atoms with Crippen molar-refractivity contribution in [2.45, 2.75) is 25.5 Å². The predicted molar refractivity (Wildman–Crippen MR) is 73.3 cm³/mol. The largest absolute Gasteiger partial charge is 0.497 e. The van der Waals surface area contributed by atoms with E-state index in [0.717, 1.165) is 55.0 Å². The van der Waals surface area contributed by atoms with Crippen LogP contribution in [0.15, 0.2) is 28.7 Å². The summed E-state index contributed by atoms with van der Waals surface area (Å²) in [5.74, 6) is 1.82. The molecule has 0 bridgehead atoms. The number of ether oxygens (including phenoxy) is 1. The number of furan rings is 1. The van der Waals surface area contributed by atoms with Crippen LogP contribution in [0.25, 0.3) is 11.0 Å². The average Bonchev–Trinajstić information content (AvgIpc) is 2.82. The number of nitrogens with zero attached hydrogens (tertiary/aromatic N) is 1. The number of hydrogen-bond acceptors (Lipinski definition) is 4. The van der Waals surface area contributed by atoms with E-state index >= 15 is 0 Å². The first-order chi connectivity index (χ1) is 9.24. The third-order valence-corrected chi connectivity index (χ3v) is 3.71. The summed E-state index contributed by atoms with van der Waals surface area (Å²) in [5, 5.41) is 10.6. The van der Waals surface area contributed by atoms with Crippen molar-refractivity contribution in [3.63, 3.8) is 0 Å². The van der Waals surface area contributed by atoms with Gasteiger partial charge in [-0.1, -0.05) is 0 Å². The minimum Gasteiger partial charge on any atom is -0.497 e. The van der Waals surface area contributed by atoms with E-state index in [0.29, 0.717) is 0 Å². The first-order valence-electron chi connectivity index (χ1n) is 6.71. The number of hydrogen-bond donors (Lipinski definition) is 1. The Bertz CT molecular complexity index is 556. The molecule has 4 heteroatoms. The molecule has 1 aromatic carbocycles. The number of aliphatic hydroxyl groups is 1. The van der Waals surface area contributed by atoms with Crippen LogP contribution in [0.5, 0.6) is 5.75 Å². The number of rotatable bonds is 3. The highest BCUT2D eigenvalue weighted by atomic mass is 16.5. The number of fused-ring (bicyclic) bond motifs is 1. The lowest BCUT2D eigenvalue weighted by Gasteiger charge is -2.28. The lowest BCUT2D eigenvalue weighted by Crippen LogP contribution is -2.35. The zero-order valence-electron chi connectivity index (χ0n) is 11.1. The Kier molecular flexibility index (Phi) is 3.44. The Morgan fingerprint density at radius 2 is 2.11 bits per heavy atom. The number of likely N-dealkylation sites (tertiary alicyclic amines) is 1. The number of benzene rings is 1. The molecule has 2 heterocycles. The molecule has 1 aromatic heterocycles. The Labute approximate surface area is 112 Å². The van der Waals surface area contributed by atoms with Crippen molar-refractivity contribution < 1.29 is 14.3 Å². The lowest BCUT2D eigenvalue weighted by atomic mass is 10.1. The van der Waals surface area contributed by atoms with E-state index in [4.69, 9.17) is 9.15 Å². The monoisotopic (exact) mass is 261 g/mol. The van der Waals surface area contributed by atoms with Crippen LogP contribution in [0, 0.1) is 0 Å². The van der Waals surface area contributed by atoms with Gasteiger partial charge in [0.05, 0.1) is 19.8 Å². The van der Waals surface area contributed by atoms with Crippen molar-refractivity contribution in [3.05, 3.63) is 30.0 Å². The molecule has 102 valence electrons. The Balaban J connectivity index is 1.74. The second-order valence-corrected chi connectivity index (χ2v) is 5.12. The van der Waals surface area contributed by atoms with Gasteiger partial charge in [0.2, 0.25) is 0 Å². The Hall–Kier alpha value is -1.52. The molecular weight excluding hydrogens is 242 g/mol. The van der Waals surface area contributed by atoms with E-state index in [9.17, 15) is 5.11 Å². The number of piperidine rings is 1. The van der Waals surface area contributed by atoms with Crippen LogP contribution in [0.2, 0.25) is 0 Å². The maximum atomic E-state index is 9.50. The van der Waals surface area contributed by atoms with E-state index < -0.39 is 0 Å². The standard InChI is InChI=1S/C15H19NO3/c1-18-13-2-3-15-11(8-13)9-14(19-15)10-16-6-4-12(17)5-7-16/h2-3,8-9,12,17H,4-7,10H2,1H3. The van der Waals surface area contributed by atoms with E-state index in [-0.39, 0.29) is 6.10 Å². The van der Waals surface area contributed by atoms with Gasteiger partial charge >= 0.3 is 0 Å². The zero-order valence-corrected chi connectivity index (χ0v) is 11.1. The summed E-state index contributed by atoms with van der Waals surface area (Å²) in [6.45, 7) is 2.67. The molecule has 1 fully saturated rings. The molecule has 0 radical (unpaired) electrons. The fourth-order valence-corrected chi connectivity index (χ4v) is 2.58. The minimum atomic E-state index is -0.129. The molecule has 0 unspecified atom stereocenters. The molecule has 0 spiro atoms. The third kappa shape index (κ3) is 2.74. The van der Waals surface area contributed by atoms with Gasteiger partial charge in [-0.25, -0.2) is 0 Å². The molecule has 19 heavy (non-hydrogen) atoms. The second-order valence-electron chi connectivity index (χ2n) is 5.12. The lowest BCUT2D eigenvalue weighted by molar-refractivity contribution is 0.0762. The zero-order chi connectivity index (χ0) is 13.2. The topological polar surface area (TPSA) is 45.8 Å². The van der Waals surface area contributed by atoms with Crippen LogP contribution in [-0.2, 0) is 6.54 Å². The normalized spacial score (nSPS) is 18.0. The van der Waals surface area contributed by atoms with Gasteiger partial charge in [0.1, 0.15) is 17.1 Å². The smallest absolute Gasteiger partial charge is 0.134 e. The molecule has 0 saturated carbocycles. The van der Waals surface area contributed by atoms with E-state index in [1.54, 1.807) is 7.11 Å². The number of aliphatic hydroxyl groups excluding tert-OH is 1. The van der Waals surface area contributed by atoms with Gasteiger partial charge in [-0.05, 0) is 37.1 Å². The molecule has 1 N–H and O–H groups in total. The summed E-state index contributed by atoms with van der Waals surface area (Å²) in [4.78, 5) is 2.32. The van der Waals surface area contributed by atoms with Crippen LogP contribution in [0.3, 0.4) is 0 Å². The molecule has 2 aromatic rings. The first-order valence-corrected chi connectivity index (χ1v) is 6.71. The summed E-state index contributed by atoms with van der Waals surface area (Å²) in [6.07, 6.45) is 1.58. The highest BCUT2D eigenvalue weighted by Gasteiger charge is 2.18. The van der Waals surface area contributed by atoms with Crippen LogP contribution in [0.4, 0.5) is 0 Å². The van der Waals surface area contributed by atoms with Crippen molar-refractivity contribution in [2.75, 3.05) is 20.2 Å². The van der Waals surface area contributed by atoms with Crippen molar-refractivity contribution >= 4 is 11.0 Å². The Morgan fingerprint density at radius 3 is 2.84 bits per heavy atom. The van der Waals surface area contributed by atoms with Crippen molar-refractivity contribution in [3.8, 4) is 5.75 Å². The average molecular weight is 261 g/mol. The van der Waals surface area contributed by atoms with Gasteiger partial charge < -0.3 is 14.3 Å². The summed E-state index contributed by atoms with van der Waals surface area (Å²) >= 11 is 0. The fourth-order valence-electron chi connectivity index (χ4n) is 2.58. The van der Waals surface area contributed by atoms with Crippen LogP contribution >= 0.6 is 0 Å². The minimum absolute atomic E-state index is 0.129. The van der Waals surface area contributed by atoms with E-state index in [1.807, 2.05) is 18.2 Å². The molecule has 1 saturated heterocycles. The maximum Gasteiger partial charge on any atom is 0.134 e. The molecule has 3 rings (SSSR count). The predicted octanol–water partition coefficient (Wildman–Crippen LogP) is 2.40. The molecule has 0 atom stereocenters. The SMILES string of the molecule is COc1ccc2oc(CN3CCC(O)CC3)cc2c1. The van der Waals surface area contributed by atoms with Crippen LogP contribution in [0.1, 0.15) is 18.6 Å². The summed E-state index contributed by atoms with van der Waals surface area (Å²) in [5.41, 5.74) is 0.896. The van der Waals surface area contributed by atoms with Crippen molar-refractivity contribution in [1.82, 2.24) is 4.90 Å². The second kappa shape index (κ2) is 5.23. The highest BCUT2D eigenvalue weighted by Crippen LogP contribution is 2.25. The van der Waals surface area contributed by atoms with Gasteiger partial charge in [-0.3, -0.25) is 4.90 Å². The maximum absolute atomic E-state index is 9.50. The Morgan fingerprint density at radius 1 is 1.32 bits per heavy atom. The number of methoxy groups -OCH3 is 1. The quantitative estimate of drug-likeness (QED) is 0.921. The van der Waals surface area contributed by atoms with Crippen LogP contribution in [-0.4, -0.2) is 36.3 Å². The first kappa shape index (κ1) is 12.5. The van der Waals surface area contributed by atoms with Gasteiger partial charge in [-0.15, -0.1) is 0 Å². The van der Waals surface area contributed by atoms with Gasteiger partial charge in [0.25, 0.3) is 0 Å².